The van der Waals surface area contributed by atoms with Gasteiger partial charge in [-0.15, -0.1) is 0 Å². The lowest BCUT2D eigenvalue weighted by molar-refractivity contribution is -0.113. The first-order valence-electron chi connectivity index (χ1n) is 11.7. The normalized spacial score (nSPS) is 11.2. The number of anilines is 1. The van der Waals surface area contributed by atoms with Gasteiger partial charge in [-0.1, -0.05) is 55.9 Å². The molecule has 2 heterocycles. The van der Waals surface area contributed by atoms with Crippen LogP contribution >= 0.6 is 11.8 Å². The van der Waals surface area contributed by atoms with Crippen LogP contribution < -0.4 is 16.6 Å². The van der Waals surface area contributed by atoms with Gasteiger partial charge in [0.2, 0.25) is 5.91 Å². The van der Waals surface area contributed by atoms with Crippen molar-refractivity contribution in [3.63, 3.8) is 0 Å². The zero-order valence-corrected chi connectivity index (χ0v) is 21.5. The third-order valence-electron chi connectivity index (χ3n) is 6.16. The Morgan fingerprint density at radius 2 is 1.64 bits per heavy atom. The van der Waals surface area contributed by atoms with Crippen LogP contribution in [0.5, 0.6) is 0 Å². The number of rotatable bonds is 8. The smallest absolute Gasteiger partial charge is 0.325 e. The zero-order chi connectivity index (χ0) is 26.0. The lowest BCUT2D eigenvalue weighted by Crippen LogP contribution is -2.37. The van der Waals surface area contributed by atoms with E-state index in [1.165, 1.54) is 35.5 Å². The summed E-state index contributed by atoms with van der Waals surface area (Å²) in [7, 11) is 2.96. The van der Waals surface area contributed by atoms with Gasteiger partial charge in [-0.05, 0) is 41.7 Å². The van der Waals surface area contributed by atoms with Crippen LogP contribution in [0.3, 0.4) is 0 Å². The molecule has 0 aliphatic carbocycles. The van der Waals surface area contributed by atoms with Gasteiger partial charge in [0.05, 0.1) is 12.3 Å². The van der Waals surface area contributed by atoms with Crippen molar-refractivity contribution in [3.05, 3.63) is 85.8 Å². The second-order valence-corrected chi connectivity index (χ2v) is 9.42. The van der Waals surface area contributed by atoms with Crippen LogP contribution in [0.4, 0.5) is 10.1 Å². The quantitative estimate of drug-likeness (QED) is 0.367. The highest BCUT2D eigenvalue weighted by Gasteiger charge is 2.21. The largest absolute Gasteiger partial charge is 0.332 e. The minimum absolute atomic E-state index is 0.0577. The monoisotopic (exact) mass is 509 g/mol. The first kappa shape index (κ1) is 25.4. The predicted octanol–water partition coefficient (Wildman–Crippen LogP) is 3.48. The Hall–Kier alpha value is -3.66. The van der Waals surface area contributed by atoms with Gasteiger partial charge >= 0.3 is 5.69 Å². The Morgan fingerprint density at radius 3 is 2.25 bits per heavy atom. The number of benzene rings is 2. The van der Waals surface area contributed by atoms with E-state index in [1.807, 2.05) is 32.0 Å². The number of carbonyl (C=O) groups is 1. The average molecular weight is 510 g/mol. The number of nitrogens with one attached hydrogen (secondary N) is 1. The van der Waals surface area contributed by atoms with Crippen molar-refractivity contribution in [1.82, 2.24) is 18.7 Å². The van der Waals surface area contributed by atoms with Crippen molar-refractivity contribution in [2.45, 2.75) is 38.4 Å². The van der Waals surface area contributed by atoms with Crippen LogP contribution in [0.2, 0.25) is 0 Å². The number of nitrogens with zero attached hydrogens (tertiary/aromatic N) is 4. The summed E-state index contributed by atoms with van der Waals surface area (Å²) >= 11 is 1.18. The molecule has 0 aliphatic rings. The minimum atomic E-state index is -0.489. The number of aromatic nitrogens is 4. The molecule has 0 unspecified atom stereocenters. The SMILES string of the molecule is CCc1cccc(CC)c1NC(=O)CSc1nc2c(c(=O)n(C)c(=O)n2C)n1Cc1ccc(F)cc1. The van der Waals surface area contributed by atoms with Gasteiger partial charge in [0.25, 0.3) is 5.56 Å². The van der Waals surface area contributed by atoms with Crippen LogP contribution in [0.25, 0.3) is 11.2 Å². The van der Waals surface area contributed by atoms with Gasteiger partial charge < -0.3 is 9.88 Å². The van der Waals surface area contributed by atoms with E-state index in [1.54, 1.807) is 23.7 Å². The maximum Gasteiger partial charge on any atom is 0.332 e. The molecule has 8 nitrogen and oxygen atoms in total. The molecule has 0 spiro atoms. The number of carbonyl (C=O) groups excluding carboxylic acids is 1. The van der Waals surface area contributed by atoms with Crippen molar-refractivity contribution in [1.29, 1.82) is 0 Å². The number of hydrogen-bond acceptors (Lipinski definition) is 5. The molecule has 0 saturated heterocycles. The molecule has 4 rings (SSSR count). The van der Waals surface area contributed by atoms with E-state index in [4.69, 9.17) is 0 Å². The second kappa shape index (κ2) is 10.5. The van der Waals surface area contributed by atoms with Gasteiger partial charge in [0.1, 0.15) is 5.82 Å². The molecule has 0 atom stereocenters. The van der Waals surface area contributed by atoms with E-state index in [9.17, 15) is 18.8 Å². The molecule has 188 valence electrons. The number of fused-ring (bicyclic) bond motifs is 1. The molecule has 1 amide bonds. The van der Waals surface area contributed by atoms with E-state index >= 15 is 0 Å². The molecule has 0 radical (unpaired) electrons. The summed E-state index contributed by atoms with van der Waals surface area (Å²) in [5.41, 5.74) is 3.23. The van der Waals surface area contributed by atoms with E-state index in [0.29, 0.717) is 5.16 Å². The fraction of sp³-hybridized carbons (Fsp3) is 0.308. The molecular formula is C26H28FN5O3S. The van der Waals surface area contributed by atoms with Crippen molar-refractivity contribution >= 4 is 34.5 Å². The summed E-state index contributed by atoms with van der Waals surface area (Å²) in [6.45, 7) is 4.32. The molecule has 0 fully saturated rings. The topological polar surface area (TPSA) is 90.9 Å². The molecule has 1 N–H and O–H groups in total. The first-order chi connectivity index (χ1) is 17.2. The fourth-order valence-corrected chi connectivity index (χ4v) is 4.96. The summed E-state index contributed by atoms with van der Waals surface area (Å²) in [6.07, 6.45) is 1.59. The number of para-hydroxylation sites is 1. The van der Waals surface area contributed by atoms with Crippen LogP contribution in [0, 0.1) is 5.82 Å². The van der Waals surface area contributed by atoms with E-state index in [0.717, 1.165) is 39.8 Å². The van der Waals surface area contributed by atoms with Gasteiger partial charge in [-0.25, -0.2) is 14.2 Å². The first-order valence-corrected chi connectivity index (χ1v) is 12.7. The maximum atomic E-state index is 13.4. The van der Waals surface area contributed by atoms with Crippen molar-refractivity contribution in [2.24, 2.45) is 14.1 Å². The lowest BCUT2D eigenvalue weighted by atomic mass is 10.0. The van der Waals surface area contributed by atoms with Crippen LogP contribution in [0.1, 0.15) is 30.5 Å². The van der Waals surface area contributed by atoms with Gasteiger partial charge in [-0.3, -0.25) is 18.7 Å². The van der Waals surface area contributed by atoms with E-state index in [2.05, 4.69) is 10.3 Å². The highest BCUT2D eigenvalue weighted by molar-refractivity contribution is 7.99. The lowest BCUT2D eigenvalue weighted by Gasteiger charge is -2.14. The average Bonchev–Trinajstić information content (AvgIpc) is 3.24. The van der Waals surface area contributed by atoms with Crippen LogP contribution in [-0.4, -0.2) is 30.3 Å². The summed E-state index contributed by atoms with van der Waals surface area (Å²) in [5.74, 6) is -0.502. The number of halogens is 1. The molecule has 36 heavy (non-hydrogen) atoms. The van der Waals surface area contributed by atoms with Crippen LogP contribution in [0.15, 0.2) is 57.2 Å². The molecule has 2 aromatic heterocycles. The highest BCUT2D eigenvalue weighted by atomic mass is 32.2. The summed E-state index contributed by atoms with van der Waals surface area (Å²) in [5, 5.41) is 3.46. The number of thioether (sulfide) groups is 1. The minimum Gasteiger partial charge on any atom is -0.325 e. The van der Waals surface area contributed by atoms with Gasteiger partial charge in [0.15, 0.2) is 16.3 Å². The number of imidazole rings is 1. The summed E-state index contributed by atoms with van der Waals surface area (Å²) in [6, 6.07) is 11.9. The predicted molar refractivity (Wildman–Crippen MR) is 140 cm³/mol. The van der Waals surface area contributed by atoms with Crippen molar-refractivity contribution in [2.75, 3.05) is 11.1 Å². The Morgan fingerprint density at radius 1 is 1.00 bits per heavy atom. The molecule has 0 aliphatic heterocycles. The van der Waals surface area contributed by atoms with E-state index < -0.39 is 11.2 Å². The standard InChI is InChI=1S/C26H28FN5O3S/c1-5-17-8-7-9-18(6-2)21(17)28-20(33)15-36-25-29-23-22(24(34)31(4)26(35)30(23)3)32(25)14-16-10-12-19(27)13-11-16/h7-13H,5-6,14-15H2,1-4H3,(H,28,33). The third kappa shape index (κ3) is 4.86. The third-order valence-corrected chi connectivity index (χ3v) is 7.14. The van der Waals surface area contributed by atoms with Crippen molar-refractivity contribution < 1.29 is 9.18 Å². The number of aryl methyl sites for hydroxylation is 3. The maximum absolute atomic E-state index is 13.4. The van der Waals surface area contributed by atoms with E-state index in [-0.39, 0.29) is 35.2 Å². The van der Waals surface area contributed by atoms with Crippen molar-refractivity contribution in [3.8, 4) is 0 Å². The van der Waals surface area contributed by atoms with Crippen LogP contribution in [-0.2, 0) is 38.3 Å². The molecular weight excluding hydrogens is 481 g/mol. The number of amides is 1. The Kier molecular flexibility index (Phi) is 7.44. The van der Waals surface area contributed by atoms with Gasteiger partial charge in [-0.2, -0.15) is 0 Å². The Balaban J connectivity index is 1.69. The fourth-order valence-electron chi connectivity index (χ4n) is 4.16. The number of hydrogen-bond donors (Lipinski definition) is 1. The Bertz CT molecular complexity index is 1530. The van der Waals surface area contributed by atoms with Gasteiger partial charge in [0, 0.05) is 19.8 Å². The molecule has 4 aromatic rings. The zero-order valence-electron chi connectivity index (χ0n) is 20.7. The summed E-state index contributed by atoms with van der Waals surface area (Å²) in [4.78, 5) is 43.0. The Labute approximate surface area is 211 Å². The molecule has 0 saturated carbocycles. The molecule has 0 bridgehead atoms. The second-order valence-electron chi connectivity index (χ2n) is 8.48. The summed E-state index contributed by atoms with van der Waals surface area (Å²) < 4.78 is 17.5. The molecule has 2 aromatic carbocycles. The highest BCUT2D eigenvalue weighted by Crippen LogP contribution is 2.26. The molecule has 10 heteroatoms.